The number of carboxylic acid groups (broad SMARTS) is 1. The minimum atomic E-state index is -1.13. The summed E-state index contributed by atoms with van der Waals surface area (Å²) in [6, 6.07) is 3.73. The molecule has 8 heteroatoms. The van der Waals surface area contributed by atoms with Crippen molar-refractivity contribution in [3.8, 4) is 0 Å². The highest BCUT2D eigenvalue weighted by Crippen LogP contribution is 2.33. The van der Waals surface area contributed by atoms with E-state index in [0.29, 0.717) is 11.1 Å². The molecule has 1 fully saturated rings. The van der Waals surface area contributed by atoms with Crippen LogP contribution < -0.4 is 5.11 Å². The Balaban J connectivity index is 1.88. The molecule has 2 aromatic rings. The Morgan fingerprint density at radius 1 is 1.38 bits per heavy atom. The predicted molar refractivity (Wildman–Crippen MR) is 88.8 cm³/mol. The van der Waals surface area contributed by atoms with Gasteiger partial charge in [-0.1, -0.05) is 37.1 Å². The van der Waals surface area contributed by atoms with Crippen LogP contribution in [0.15, 0.2) is 34.8 Å². The van der Waals surface area contributed by atoms with Gasteiger partial charge in [-0.05, 0) is 18.9 Å². The SMILES string of the molecule is O=C([O-])CSc1nnc(C2CCCCC2)n1/N=C\c1cccnc1. The van der Waals surface area contributed by atoms with Gasteiger partial charge < -0.3 is 9.90 Å². The van der Waals surface area contributed by atoms with Crippen molar-refractivity contribution in [1.82, 2.24) is 19.9 Å². The molecule has 0 amide bonds. The van der Waals surface area contributed by atoms with Crippen LogP contribution >= 0.6 is 11.8 Å². The molecule has 126 valence electrons. The third-order valence-electron chi connectivity index (χ3n) is 3.93. The molecule has 24 heavy (non-hydrogen) atoms. The molecule has 0 bridgehead atoms. The first-order valence-electron chi connectivity index (χ1n) is 7.96. The first kappa shape index (κ1) is 16.6. The van der Waals surface area contributed by atoms with E-state index in [1.807, 2.05) is 12.1 Å². The van der Waals surface area contributed by atoms with Gasteiger partial charge in [-0.15, -0.1) is 10.2 Å². The van der Waals surface area contributed by atoms with Crippen molar-refractivity contribution in [2.45, 2.75) is 43.2 Å². The van der Waals surface area contributed by atoms with Crippen LogP contribution in [0.2, 0.25) is 0 Å². The molecule has 3 rings (SSSR count). The number of thioether (sulfide) groups is 1. The smallest absolute Gasteiger partial charge is 0.212 e. The number of carboxylic acids is 1. The number of aliphatic carboxylic acids is 1. The zero-order chi connectivity index (χ0) is 16.8. The second-order valence-corrected chi connectivity index (χ2v) is 6.62. The maximum absolute atomic E-state index is 10.7. The van der Waals surface area contributed by atoms with E-state index in [4.69, 9.17) is 0 Å². The molecular weight excluding hydrogens is 326 g/mol. The van der Waals surface area contributed by atoms with E-state index in [9.17, 15) is 9.90 Å². The van der Waals surface area contributed by atoms with Gasteiger partial charge in [-0.3, -0.25) is 4.98 Å². The Morgan fingerprint density at radius 3 is 2.92 bits per heavy atom. The lowest BCUT2D eigenvalue weighted by atomic mass is 9.89. The van der Waals surface area contributed by atoms with Crippen LogP contribution in [-0.2, 0) is 4.79 Å². The fourth-order valence-electron chi connectivity index (χ4n) is 2.79. The van der Waals surface area contributed by atoms with Gasteiger partial charge in [0.15, 0.2) is 5.82 Å². The summed E-state index contributed by atoms with van der Waals surface area (Å²) in [5.41, 5.74) is 0.858. The van der Waals surface area contributed by atoms with Gasteiger partial charge >= 0.3 is 0 Å². The first-order chi connectivity index (χ1) is 11.7. The maximum Gasteiger partial charge on any atom is 0.212 e. The maximum atomic E-state index is 10.7. The lowest BCUT2D eigenvalue weighted by molar-refractivity contribution is -0.301. The van der Waals surface area contributed by atoms with Gasteiger partial charge in [0.05, 0.1) is 12.2 Å². The van der Waals surface area contributed by atoms with E-state index in [1.54, 1.807) is 23.3 Å². The van der Waals surface area contributed by atoms with Crippen LogP contribution in [0.1, 0.15) is 49.4 Å². The Labute approximate surface area is 144 Å². The Hall–Kier alpha value is -2.22. The lowest BCUT2D eigenvalue weighted by Crippen LogP contribution is -2.24. The number of carbonyl (C=O) groups is 1. The minimum Gasteiger partial charge on any atom is -0.549 e. The number of nitrogens with zero attached hydrogens (tertiary/aromatic N) is 5. The number of hydrogen-bond donors (Lipinski definition) is 0. The van der Waals surface area contributed by atoms with Crippen LogP contribution in [0.3, 0.4) is 0 Å². The summed E-state index contributed by atoms with van der Waals surface area (Å²) in [5, 5.41) is 24.1. The zero-order valence-electron chi connectivity index (χ0n) is 13.2. The van der Waals surface area contributed by atoms with Crippen LogP contribution in [0.5, 0.6) is 0 Å². The Bertz CT molecular complexity index is 711. The van der Waals surface area contributed by atoms with Crippen molar-refractivity contribution in [2.24, 2.45) is 5.10 Å². The van der Waals surface area contributed by atoms with E-state index in [1.165, 1.54) is 19.3 Å². The van der Waals surface area contributed by atoms with Gasteiger partial charge in [0.25, 0.3) is 0 Å². The molecule has 0 spiro atoms. The van der Waals surface area contributed by atoms with Crippen LogP contribution in [0.4, 0.5) is 0 Å². The van der Waals surface area contributed by atoms with Crippen LogP contribution in [-0.4, -0.2) is 37.8 Å². The molecule has 0 aliphatic heterocycles. The summed E-state index contributed by atoms with van der Waals surface area (Å²) >= 11 is 1.07. The topological polar surface area (TPSA) is 96.1 Å². The zero-order valence-corrected chi connectivity index (χ0v) is 14.0. The largest absolute Gasteiger partial charge is 0.549 e. The molecule has 0 N–H and O–H groups in total. The van der Waals surface area contributed by atoms with Crippen molar-refractivity contribution in [3.05, 3.63) is 35.9 Å². The molecule has 0 unspecified atom stereocenters. The summed E-state index contributed by atoms with van der Waals surface area (Å²) < 4.78 is 1.66. The van der Waals surface area contributed by atoms with Gasteiger partial charge in [0, 0.05) is 29.6 Å². The van der Waals surface area contributed by atoms with Crippen molar-refractivity contribution in [3.63, 3.8) is 0 Å². The number of rotatable bonds is 6. The molecule has 0 saturated heterocycles. The van der Waals surface area contributed by atoms with Crippen molar-refractivity contribution < 1.29 is 9.90 Å². The highest BCUT2D eigenvalue weighted by molar-refractivity contribution is 7.99. The molecule has 0 atom stereocenters. The molecule has 2 heterocycles. The summed E-state index contributed by atoms with van der Waals surface area (Å²) in [6.07, 6.45) is 10.8. The standard InChI is InChI=1S/C16H19N5O2S/c22-14(23)11-24-16-20-19-15(13-6-2-1-3-7-13)21(16)18-10-12-5-4-8-17-9-12/h4-5,8-10,13H,1-3,6-7,11H2,(H,22,23)/p-1/b18-10-. The summed E-state index contributed by atoms with van der Waals surface area (Å²) in [7, 11) is 0. The van der Waals surface area contributed by atoms with Crippen molar-refractivity contribution >= 4 is 23.9 Å². The molecule has 0 aromatic carbocycles. The van der Waals surface area contributed by atoms with Gasteiger partial charge in [-0.25, -0.2) is 0 Å². The minimum absolute atomic E-state index is 0.175. The van der Waals surface area contributed by atoms with Crippen molar-refractivity contribution in [2.75, 3.05) is 5.75 Å². The van der Waals surface area contributed by atoms with E-state index in [-0.39, 0.29) is 5.75 Å². The average Bonchev–Trinajstić information content (AvgIpc) is 3.02. The molecule has 1 saturated carbocycles. The quantitative estimate of drug-likeness (QED) is 0.581. The van der Waals surface area contributed by atoms with E-state index < -0.39 is 5.97 Å². The molecule has 0 radical (unpaired) electrons. The number of pyridine rings is 1. The Morgan fingerprint density at radius 2 is 2.21 bits per heavy atom. The van der Waals surface area contributed by atoms with E-state index in [2.05, 4.69) is 20.3 Å². The number of aromatic nitrogens is 4. The summed E-state index contributed by atoms with van der Waals surface area (Å²) in [5.74, 6) is -0.194. The third-order valence-corrected chi connectivity index (χ3v) is 4.83. The second kappa shape index (κ2) is 8.05. The molecule has 2 aromatic heterocycles. The van der Waals surface area contributed by atoms with Gasteiger partial charge in [0.2, 0.25) is 5.16 Å². The second-order valence-electron chi connectivity index (χ2n) is 5.68. The number of carbonyl (C=O) groups excluding carboxylic acids is 1. The fraction of sp³-hybridized carbons (Fsp3) is 0.438. The highest BCUT2D eigenvalue weighted by atomic mass is 32.2. The molecular formula is C16H18N5O2S-. The first-order valence-corrected chi connectivity index (χ1v) is 8.95. The van der Waals surface area contributed by atoms with Crippen LogP contribution in [0, 0.1) is 0 Å². The van der Waals surface area contributed by atoms with E-state index >= 15 is 0 Å². The Kier molecular flexibility index (Phi) is 5.58. The van der Waals surface area contributed by atoms with Gasteiger partial charge in [-0.2, -0.15) is 9.78 Å². The van der Waals surface area contributed by atoms with Crippen molar-refractivity contribution in [1.29, 1.82) is 0 Å². The summed E-state index contributed by atoms with van der Waals surface area (Å²) in [4.78, 5) is 14.8. The summed E-state index contributed by atoms with van der Waals surface area (Å²) in [6.45, 7) is 0. The predicted octanol–water partition coefficient (Wildman–Crippen LogP) is 1.44. The molecule has 1 aliphatic carbocycles. The lowest BCUT2D eigenvalue weighted by Gasteiger charge is -2.20. The highest BCUT2D eigenvalue weighted by Gasteiger charge is 2.23. The third kappa shape index (κ3) is 4.19. The monoisotopic (exact) mass is 344 g/mol. The van der Waals surface area contributed by atoms with Gasteiger partial charge in [0.1, 0.15) is 0 Å². The molecule has 1 aliphatic rings. The number of hydrogen-bond acceptors (Lipinski definition) is 7. The van der Waals surface area contributed by atoms with Crippen LogP contribution in [0.25, 0.3) is 0 Å². The molecule has 7 nitrogen and oxygen atoms in total. The fourth-order valence-corrected chi connectivity index (χ4v) is 3.40. The average molecular weight is 344 g/mol. The normalized spacial score (nSPS) is 15.8. The van der Waals surface area contributed by atoms with E-state index in [0.717, 1.165) is 36.0 Å².